The maximum atomic E-state index is 11.7. The van der Waals surface area contributed by atoms with Crippen molar-refractivity contribution in [1.82, 2.24) is 0 Å². The van der Waals surface area contributed by atoms with Gasteiger partial charge in [-0.2, -0.15) is 16.8 Å². The molecule has 0 unspecified atom stereocenters. The zero-order valence-corrected chi connectivity index (χ0v) is 12.1. The molecule has 0 saturated heterocycles. The molecule has 2 rings (SSSR count). The molecule has 1 aliphatic carbocycles. The fourth-order valence-corrected chi connectivity index (χ4v) is 3.17. The van der Waals surface area contributed by atoms with Crippen molar-refractivity contribution in [2.24, 2.45) is 0 Å². The predicted octanol–water partition coefficient (Wildman–Crippen LogP) is -0.600. The summed E-state index contributed by atoms with van der Waals surface area (Å²) in [6, 6.07) is 0.672. The number of hydrogen-bond donors (Lipinski definition) is 5. The summed E-state index contributed by atoms with van der Waals surface area (Å²) in [6.07, 6.45) is 0.568. The molecule has 1 aromatic rings. The van der Waals surface area contributed by atoms with Crippen LogP contribution in [0.15, 0.2) is 15.9 Å². The summed E-state index contributed by atoms with van der Waals surface area (Å²) in [6.45, 7) is 0. The van der Waals surface area contributed by atoms with Crippen molar-refractivity contribution in [2.45, 2.75) is 4.90 Å². The van der Waals surface area contributed by atoms with E-state index in [-0.39, 0.29) is 0 Å². The van der Waals surface area contributed by atoms with E-state index in [2.05, 4.69) is 0 Å². The molecule has 0 bridgehead atoms. The van der Waals surface area contributed by atoms with Gasteiger partial charge in [-0.3, -0.25) is 19.3 Å². The van der Waals surface area contributed by atoms with E-state index in [9.17, 15) is 26.7 Å². The predicted molar refractivity (Wildman–Crippen MR) is 73.7 cm³/mol. The molecule has 1 aliphatic rings. The van der Waals surface area contributed by atoms with Gasteiger partial charge in [-0.15, -0.1) is 0 Å². The van der Waals surface area contributed by atoms with Crippen LogP contribution in [0.2, 0.25) is 0 Å². The van der Waals surface area contributed by atoms with Gasteiger partial charge in [0.1, 0.15) is 21.3 Å². The van der Waals surface area contributed by atoms with Crippen molar-refractivity contribution in [1.29, 1.82) is 5.41 Å². The highest BCUT2D eigenvalue weighted by Gasteiger charge is 2.35. The minimum atomic E-state index is -4.98. The van der Waals surface area contributed by atoms with Gasteiger partial charge in [-0.05, 0) is 17.7 Å². The van der Waals surface area contributed by atoms with Crippen molar-refractivity contribution in [3.8, 4) is 5.75 Å². The first-order chi connectivity index (χ1) is 9.85. The Morgan fingerprint density at radius 3 is 2.09 bits per heavy atom. The van der Waals surface area contributed by atoms with Crippen LogP contribution in [-0.2, 0) is 25.0 Å². The van der Waals surface area contributed by atoms with Crippen LogP contribution >= 0.6 is 0 Å². The number of benzene rings is 1. The van der Waals surface area contributed by atoms with Crippen molar-refractivity contribution >= 4 is 43.5 Å². The number of carbonyl (C=O) groups excluding carboxylic acids is 1. The summed E-state index contributed by atoms with van der Waals surface area (Å²) in [5, 5.41) is 17.4. The number of Topliss-reactive ketones (excluding diaryl/α,β-unsaturated/α-hetero) is 1. The number of phenols is 1. The number of rotatable bonds is 2. The highest BCUT2D eigenvalue weighted by Crippen LogP contribution is 2.38. The SMILES string of the molecule is N=C1C(=O)C(S(=O)(=O)O)=Cc2cc(S(=O)(=O)O)c(N)c(O)c21. The number of allylic oxidation sites excluding steroid dienone is 1. The van der Waals surface area contributed by atoms with E-state index in [1.165, 1.54) is 0 Å². The molecule has 0 fully saturated rings. The summed E-state index contributed by atoms with van der Waals surface area (Å²) in [4.78, 5) is 9.62. The number of hydrogen-bond acceptors (Lipinski definition) is 8. The summed E-state index contributed by atoms with van der Waals surface area (Å²) < 4.78 is 62.5. The number of nitrogen functional groups attached to an aromatic ring is 1. The van der Waals surface area contributed by atoms with Crippen LogP contribution < -0.4 is 5.73 Å². The molecule has 118 valence electrons. The average molecular weight is 348 g/mol. The maximum absolute atomic E-state index is 11.7. The van der Waals surface area contributed by atoms with E-state index in [1.54, 1.807) is 0 Å². The standard InChI is InChI=1S/C10H8N2O8S2/c11-7-4(21(15,16)17)1-3-2-5(22(18,19)20)9(13)8(12)6(3)10(7)14/h1-2,12,14H,11H2,(H,15,16,17)(H,18,19,20). The fourth-order valence-electron chi connectivity index (χ4n) is 1.90. The van der Waals surface area contributed by atoms with Crippen LogP contribution in [-0.4, -0.2) is 42.5 Å². The first-order valence-electron chi connectivity index (χ1n) is 5.31. The maximum Gasteiger partial charge on any atom is 0.298 e. The van der Waals surface area contributed by atoms with Crippen molar-refractivity contribution in [3.63, 3.8) is 0 Å². The van der Waals surface area contributed by atoms with E-state index in [1.807, 2.05) is 0 Å². The minimum Gasteiger partial charge on any atom is -0.505 e. The monoisotopic (exact) mass is 348 g/mol. The molecule has 6 N–H and O–H groups in total. The topological polar surface area (TPSA) is 196 Å². The molecule has 10 nitrogen and oxygen atoms in total. The quantitative estimate of drug-likeness (QED) is 0.263. The Hall–Kier alpha value is -2.28. The average Bonchev–Trinajstić information content (AvgIpc) is 2.34. The highest BCUT2D eigenvalue weighted by atomic mass is 32.2. The van der Waals surface area contributed by atoms with E-state index in [0.29, 0.717) is 12.1 Å². The Kier molecular flexibility index (Phi) is 3.37. The van der Waals surface area contributed by atoms with Crippen LogP contribution in [0.1, 0.15) is 11.1 Å². The number of fused-ring (bicyclic) bond motifs is 1. The lowest BCUT2D eigenvalue weighted by atomic mass is 9.93. The Labute approximate surface area is 123 Å². The van der Waals surface area contributed by atoms with Crippen molar-refractivity contribution in [3.05, 3.63) is 22.1 Å². The smallest absolute Gasteiger partial charge is 0.298 e. The zero-order valence-electron chi connectivity index (χ0n) is 10.4. The van der Waals surface area contributed by atoms with Gasteiger partial charge in [-0.1, -0.05) is 0 Å². The van der Waals surface area contributed by atoms with Gasteiger partial charge in [0.2, 0.25) is 5.78 Å². The summed E-state index contributed by atoms with van der Waals surface area (Å²) in [7, 11) is -9.83. The minimum absolute atomic E-state index is 0.392. The van der Waals surface area contributed by atoms with E-state index in [4.69, 9.17) is 20.2 Å². The molecule has 0 aromatic heterocycles. The molecule has 0 spiro atoms. The van der Waals surface area contributed by atoms with Gasteiger partial charge in [0.15, 0.2) is 0 Å². The number of ketones is 1. The molecule has 1 aromatic carbocycles. The molecule has 0 radical (unpaired) electrons. The number of nitrogens with two attached hydrogens (primary N) is 1. The molecular weight excluding hydrogens is 340 g/mol. The third-order valence-corrected chi connectivity index (χ3v) is 4.63. The molecule has 0 heterocycles. The van der Waals surface area contributed by atoms with Crippen LogP contribution in [0, 0.1) is 5.41 Å². The molecular formula is C10H8N2O8S2. The first-order valence-corrected chi connectivity index (χ1v) is 8.19. The Bertz CT molecular complexity index is 973. The second-order valence-corrected chi connectivity index (χ2v) is 7.04. The zero-order chi connectivity index (χ0) is 17.0. The van der Waals surface area contributed by atoms with Gasteiger partial charge in [0.05, 0.1) is 11.3 Å². The molecule has 12 heteroatoms. The normalized spacial score (nSPS) is 15.5. The highest BCUT2D eigenvalue weighted by molar-refractivity contribution is 7.91. The number of phenolic OH excluding ortho intramolecular Hbond substituents is 1. The van der Waals surface area contributed by atoms with E-state index >= 15 is 0 Å². The lowest BCUT2D eigenvalue weighted by Crippen LogP contribution is -2.26. The Balaban J connectivity index is 2.96. The second-order valence-electron chi connectivity index (χ2n) is 4.26. The van der Waals surface area contributed by atoms with Crippen molar-refractivity contribution in [2.75, 3.05) is 5.73 Å². The lowest BCUT2D eigenvalue weighted by molar-refractivity contribution is -0.109. The third-order valence-electron chi connectivity index (χ3n) is 2.88. The first kappa shape index (κ1) is 16.1. The Morgan fingerprint density at radius 1 is 1.09 bits per heavy atom. The van der Waals surface area contributed by atoms with Crippen molar-refractivity contribution < 1.29 is 35.8 Å². The molecule has 22 heavy (non-hydrogen) atoms. The third kappa shape index (κ3) is 2.37. The second kappa shape index (κ2) is 4.61. The van der Waals surface area contributed by atoms with Gasteiger partial charge in [0.25, 0.3) is 20.2 Å². The number of nitrogens with one attached hydrogen (secondary N) is 1. The largest absolute Gasteiger partial charge is 0.505 e. The molecule has 0 aliphatic heterocycles. The number of aromatic hydroxyl groups is 1. The summed E-state index contributed by atoms with van der Waals surface area (Å²) in [5.74, 6) is -2.38. The van der Waals surface area contributed by atoms with Gasteiger partial charge >= 0.3 is 0 Å². The van der Waals surface area contributed by atoms with Crippen LogP contribution in [0.25, 0.3) is 6.08 Å². The molecule has 0 amide bonds. The van der Waals surface area contributed by atoms with Crippen LogP contribution in [0.4, 0.5) is 5.69 Å². The molecule has 0 atom stereocenters. The Morgan fingerprint density at radius 2 is 1.64 bits per heavy atom. The summed E-state index contributed by atoms with van der Waals surface area (Å²) in [5.41, 5.74) is 2.62. The number of anilines is 1. The lowest BCUT2D eigenvalue weighted by Gasteiger charge is -2.18. The van der Waals surface area contributed by atoms with Gasteiger partial charge < -0.3 is 10.8 Å². The van der Waals surface area contributed by atoms with Gasteiger partial charge in [-0.25, -0.2) is 0 Å². The molecule has 0 saturated carbocycles. The fraction of sp³-hybridized carbons (Fsp3) is 0. The number of carbonyl (C=O) groups is 1. The van der Waals surface area contributed by atoms with E-state index < -0.39 is 64.1 Å². The van der Waals surface area contributed by atoms with Crippen LogP contribution in [0.3, 0.4) is 0 Å². The summed E-state index contributed by atoms with van der Waals surface area (Å²) >= 11 is 0. The van der Waals surface area contributed by atoms with Gasteiger partial charge in [0, 0.05) is 0 Å². The van der Waals surface area contributed by atoms with E-state index in [0.717, 1.165) is 0 Å². The van der Waals surface area contributed by atoms with Crippen LogP contribution in [0.5, 0.6) is 5.75 Å².